The van der Waals surface area contributed by atoms with Gasteiger partial charge in [0.15, 0.2) is 0 Å². The van der Waals surface area contributed by atoms with Gasteiger partial charge in [-0.05, 0) is 44.0 Å². The number of rotatable bonds is 6. The van der Waals surface area contributed by atoms with Gasteiger partial charge in [0.05, 0.1) is 11.3 Å². The van der Waals surface area contributed by atoms with E-state index in [1.54, 1.807) is 24.3 Å². The van der Waals surface area contributed by atoms with E-state index in [-0.39, 0.29) is 11.7 Å². The number of nitrogens with one attached hydrogen (secondary N) is 2. The highest BCUT2D eigenvalue weighted by Crippen LogP contribution is 2.16. The molecule has 0 saturated carbocycles. The molecule has 0 bridgehead atoms. The minimum absolute atomic E-state index is 0.0134. The van der Waals surface area contributed by atoms with Gasteiger partial charge >= 0.3 is 0 Å². The molecule has 0 aliphatic heterocycles. The highest BCUT2D eigenvalue weighted by Gasteiger charge is 2.18. The van der Waals surface area contributed by atoms with Gasteiger partial charge in [-0.2, -0.15) is 4.98 Å². The van der Waals surface area contributed by atoms with Gasteiger partial charge in [-0.1, -0.05) is 42.5 Å². The molecular formula is C23H22N6O2. The molecule has 2 amide bonds. The Kier molecular flexibility index (Phi) is 5.70. The second-order valence-corrected chi connectivity index (χ2v) is 7.18. The normalized spacial score (nSPS) is 10.8. The lowest BCUT2D eigenvalue weighted by Gasteiger charge is -2.10. The Labute approximate surface area is 179 Å². The summed E-state index contributed by atoms with van der Waals surface area (Å²) in [4.78, 5) is 33.9. The quantitative estimate of drug-likeness (QED) is 0.505. The van der Waals surface area contributed by atoms with Crippen molar-refractivity contribution in [3.05, 3.63) is 89.0 Å². The zero-order valence-corrected chi connectivity index (χ0v) is 17.3. The fourth-order valence-corrected chi connectivity index (χ4v) is 3.29. The lowest BCUT2D eigenvalue weighted by molar-refractivity contribution is 0.0955. The smallest absolute Gasteiger partial charge is 0.295 e. The molecule has 2 aromatic heterocycles. The number of carbonyl (C=O) groups excluding carboxylic acids is 2. The van der Waals surface area contributed by atoms with Crippen molar-refractivity contribution in [3.63, 3.8) is 0 Å². The van der Waals surface area contributed by atoms with Gasteiger partial charge < -0.3 is 10.6 Å². The van der Waals surface area contributed by atoms with Crippen LogP contribution in [0, 0.1) is 13.8 Å². The van der Waals surface area contributed by atoms with Crippen LogP contribution in [-0.2, 0) is 6.42 Å². The molecule has 0 atom stereocenters. The number of anilines is 1. The first-order chi connectivity index (χ1) is 15.0. The molecule has 4 rings (SSSR count). The summed E-state index contributed by atoms with van der Waals surface area (Å²) in [7, 11) is 0. The molecule has 0 aliphatic carbocycles. The van der Waals surface area contributed by atoms with E-state index in [4.69, 9.17) is 0 Å². The first-order valence-electron chi connectivity index (χ1n) is 9.95. The van der Waals surface area contributed by atoms with Crippen molar-refractivity contribution in [2.75, 3.05) is 11.9 Å². The van der Waals surface area contributed by atoms with Crippen LogP contribution in [0.3, 0.4) is 0 Å². The number of nitrogens with zero attached hydrogens (tertiary/aromatic N) is 4. The first kappa shape index (κ1) is 20.2. The minimum Gasteiger partial charge on any atom is -0.352 e. The largest absolute Gasteiger partial charge is 0.352 e. The van der Waals surface area contributed by atoms with Gasteiger partial charge in [-0.15, -0.1) is 5.10 Å². The Morgan fingerprint density at radius 2 is 1.68 bits per heavy atom. The standard InChI is InChI=1S/C23H22N6O2/c1-15-14-16(2)29-23(25-15)27-20(28-29)22(31)26-19-11-7-6-10-18(19)21(30)24-13-12-17-8-4-3-5-9-17/h3-11,14H,12-13H2,1-2H3,(H,24,30)(H,26,31). The number of aryl methyl sites for hydroxylation is 2. The van der Waals surface area contributed by atoms with E-state index in [0.717, 1.165) is 23.4 Å². The van der Waals surface area contributed by atoms with Crippen LogP contribution in [0.5, 0.6) is 0 Å². The predicted octanol–water partition coefficient (Wildman–Crippen LogP) is 2.97. The maximum absolute atomic E-state index is 12.7. The van der Waals surface area contributed by atoms with Gasteiger partial charge in [0.25, 0.3) is 17.6 Å². The molecule has 0 radical (unpaired) electrons. The molecule has 31 heavy (non-hydrogen) atoms. The lowest BCUT2D eigenvalue weighted by atomic mass is 10.1. The van der Waals surface area contributed by atoms with Crippen LogP contribution in [0.1, 0.15) is 37.9 Å². The van der Waals surface area contributed by atoms with E-state index in [1.807, 2.05) is 50.2 Å². The van der Waals surface area contributed by atoms with E-state index >= 15 is 0 Å². The summed E-state index contributed by atoms with van der Waals surface area (Å²) in [6, 6.07) is 18.6. The second kappa shape index (κ2) is 8.74. The summed E-state index contributed by atoms with van der Waals surface area (Å²) in [6.45, 7) is 4.21. The Morgan fingerprint density at radius 3 is 2.48 bits per heavy atom. The van der Waals surface area contributed by atoms with E-state index in [9.17, 15) is 9.59 Å². The SMILES string of the molecule is Cc1cc(C)n2nc(C(=O)Nc3ccccc3C(=O)NCCc3ccccc3)nc2n1. The van der Waals surface area contributed by atoms with Gasteiger partial charge in [-0.25, -0.2) is 9.50 Å². The summed E-state index contributed by atoms with van der Waals surface area (Å²) in [6.07, 6.45) is 0.720. The average molecular weight is 414 g/mol. The fraction of sp³-hybridized carbons (Fsp3) is 0.174. The highest BCUT2D eigenvalue weighted by molar-refractivity contribution is 6.07. The molecule has 4 aromatic rings. The van der Waals surface area contributed by atoms with Crippen LogP contribution >= 0.6 is 0 Å². The summed E-state index contributed by atoms with van der Waals surface area (Å²) in [5, 5.41) is 9.88. The zero-order valence-electron chi connectivity index (χ0n) is 17.3. The number of amides is 2. The predicted molar refractivity (Wildman–Crippen MR) is 117 cm³/mol. The molecule has 156 valence electrons. The van der Waals surface area contributed by atoms with Crippen LogP contribution in [0.2, 0.25) is 0 Å². The van der Waals surface area contributed by atoms with Gasteiger partial charge in [0, 0.05) is 17.9 Å². The Balaban J connectivity index is 1.47. The minimum atomic E-state index is -0.507. The molecule has 2 N–H and O–H groups in total. The van der Waals surface area contributed by atoms with E-state index < -0.39 is 5.91 Å². The molecule has 8 heteroatoms. The van der Waals surface area contributed by atoms with Crippen molar-refractivity contribution in [1.29, 1.82) is 0 Å². The molecule has 8 nitrogen and oxygen atoms in total. The van der Waals surface area contributed by atoms with Crippen LogP contribution in [-0.4, -0.2) is 37.9 Å². The average Bonchev–Trinajstić information content (AvgIpc) is 3.19. The maximum Gasteiger partial charge on any atom is 0.295 e. The van der Waals surface area contributed by atoms with Gasteiger partial charge in [0.2, 0.25) is 5.82 Å². The Hall–Kier alpha value is -4.07. The van der Waals surface area contributed by atoms with Crippen LogP contribution in [0.25, 0.3) is 5.78 Å². The van der Waals surface area contributed by atoms with Gasteiger partial charge in [0.1, 0.15) is 0 Å². The summed E-state index contributed by atoms with van der Waals surface area (Å²) in [5.41, 5.74) is 3.53. The molecule has 0 spiro atoms. The third kappa shape index (κ3) is 4.58. The van der Waals surface area contributed by atoms with Crippen molar-refractivity contribution >= 4 is 23.3 Å². The number of fused-ring (bicyclic) bond motifs is 1. The highest BCUT2D eigenvalue weighted by atomic mass is 16.2. The topological polar surface area (TPSA) is 101 Å². The maximum atomic E-state index is 12.7. The van der Waals surface area contributed by atoms with Crippen molar-refractivity contribution in [2.45, 2.75) is 20.3 Å². The molecule has 0 unspecified atom stereocenters. The third-order valence-electron chi connectivity index (χ3n) is 4.78. The number of para-hydroxylation sites is 1. The first-order valence-corrected chi connectivity index (χ1v) is 9.95. The zero-order chi connectivity index (χ0) is 21.8. The summed E-state index contributed by atoms with van der Waals surface area (Å²) in [5.74, 6) is -0.426. The molecule has 2 aromatic carbocycles. The van der Waals surface area contributed by atoms with E-state index in [1.165, 1.54) is 4.52 Å². The van der Waals surface area contributed by atoms with Crippen molar-refractivity contribution in [1.82, 2.24) is 24.9 Å². The third-order valence-corrected chi connectivity index (χ3v) is 4.78. The van der Waals surface area contributed by atoms with E-state index in [2.05, 4.69) is 25.7 Å². The second-order valence-electron chi connectivity index (χ2n) is 7.18. The van der Waals surface area contributed by atoms with Gasteiger partial charge in [-0.3, -0.25) is 9.59 Å². The Bertz CT molecular complexity index is 1250. The summed E-state index contributed by atoms with van der Waals surface area (Å²) < 4.78 is 1.52. The number of hydrogen-bond donors (Lipinski definition) is 2. The summed E-state index contributed by atoms with van der Waals surface area (Å²) >= 11 is 0. The fourth-order valence-electron chi connectivity index (χ4n) is 3.29. The number of carbonyl (C=O) groups is 2. The molecular weight excluding hydrogens is 392 g/mol. The molecule has 2 heterocycles. The van der Waals surface area contributed by atoms with Crippen molar-refractivity contribution in [3.8, 4) is 0 Å². The molecule has 0 fully saturated rings. The number of aromatic nitrogens is 4. The van der Waals surface area contributed by atoms with Crippen LogP contribution in [0.15, 0.2) is 60.7 Å². The van der Waals surface area contributed by atoms with Crippen molar-refractivity contribution < 1.29 is 9.59 Å². The number of benzene rings is 2. The monoisotopic (exact) mass is 414 g/mol. The van der Waals surface area contributed by atoms with Crippen molar-refractivity contribution in [2.24, 2.45) is 0 Å². The lowest BCUT2D eigenvalue weighted by Crippen LogP contribution is -2.27. The van der Waals surface area contributed by atoms with E-state index in [0.29, 0.717) is 23.6 Å². The van der Waals surface area contributed by atoms with Crippen LogP contribution < -0.4 is 10.6 Å². The molecule has 0 saturated heterocycles. The Morgan fingerprint density at radius 1 is 0.935 bits per heavy atom. The van der Waals surface area contributed by atoms with Crippen LogP contribution in [0.4, 0.5) is 5.69 Å². The molecule has 0 aliphatic rings. The number of hydrogen-bond acceptors (Lipinski definition) is 5.